The molecule has 1 N–H and O–H groups in total. The average Bonchev–Trinajstić information content (AvgIpc) is 2.87. The van der Waals surface area contributed by atoms with Crippen molar-refractivity contribution in [3.8, 4) is 0 Å². The standard InChI is InChI=1S/C16H19N3O/c1-2-3-4-7-10-17-16-15-14(18-11-19-16)12-8-5-6-9-13(12)20-15/h5-6,8-9,11H,2-4,7,10H2,1H3,(H,17,18,19). The van der Waals surface area contributed by atoms with Gasteiger partial charge in [0.2, 0.25) is 0 Å². The lowest BCUT2D eigenvalue weighted by Gasteiger charge is -2.04. The van der Waals surface area contributed by atoms with Gasteiger partial charge in [-0.25, -0.2) is 9.97 Å². The van der Waals surface area contributed by atoms with Gasteiger partial charge in [-0.2, -0.15) is 0 Å². The molecule has 2 aromatic heterocycles. The van der Waals surface area contributed by atoms with Crippen LogP contribution in [0.2, 0.25) is 0 Å². The van der Waals surface area contributed by atoms with Crippen molar-refractivity contribution in [2.45, 2.75) is 32.6 Å². The zero-order chi connectivity index (χ0) is 13.8. The van der Waals surface area contributed by atoms with E-state index in [1.54, 1.807) is 6.33 Å². The van der Waals surface area contributed by atoms with Crippen molar-refractivity contribution in [3.05, 3.63) is 30.6 Å². The predicted molar refractivity (Wildman–Crippen MR) is 81.9 cm³/mol. The molecule has 3 aromatic rings. The molecule has 0 spiro atoms. The molecule has 0 saturated carbocycles. The zero-order valence-electron chi connectivity index (χ0n) is 11.7. The fourth-order valence-corrected chi connectivity index (χ4v) is 2.41. The number of anilines is 1. The molecule has 0 saturated heterocycles. The normalized spacial score (nSPS) is 11.2. The Balaban J connectivity index is 1.84. The van der Waals surface area contributed by atoms with E-state index < -0.39 is 0 Å². The van der Waals surface area contributed by atoms with Crippen LogP contribution >= 0.6 is 0 Å². The van der Waals surface area contributed by atoms with Crippen molar-refractivity contribution in [1.29, 1.82) is 0 Å². The molecular formula is C16H19N3O. The molecule has 0 bridgehead atoms. The van der Waals surface area contributed by atoms with E-state index in [1.165, 1.54) is 19.3 Å². The van der Waals surface area contributed by atoms with Crippen molar-refractivity contribution < 1.29 is 4.42 Å². The number of hydrogen-bond acceptors (Lipinski definition) is 4. The van der Waals surface area contributed by atoms with Crippen LogP contribution in [0, 0.1) is 0 Å². The maximum absolute atomic E-state index is 5.87. The first kappa shape index (κ1) is 12.9. The molecule has 4 heteroatoms. The summed E-state index contributed by atoms with van der Waals surface area (Å²) in [6.45, 7) is 3.14. The van der Waals surface area contributed by atoms with Crippen LogP contribution in [0.5, 0.6) is 0 Å². The van der Waals surface area contributed by atoms with Gasteiger partial charge in [0.25, 0.3) is 0 Å². The molecule has 4 nitrogen and oxygen atoms in total. The fraction of sp³-hybridized carbons (Fsp3) is 0.375. The Hall–Kier alpha value is -2.10. The van der Waals surface area contributed by atoms with E-state index in [-0.39, 0.29) is 0 Å². The molecule has 20 heavy (non-hydrogen) atoms. The van der Waals surface area contributed by atoms with E-state index in [9.17, 15) is 0 Å². The SMILES string of the molecule is CCCCCCNc1ncnc2c1oc1ccccc12. The molecule has 0 fully saturated rings. The van der Waals surface area contributed by atoms with Crippen molar-refractivity contribution >= 4 is 27.9 Å². The van der Waals surface area contributed by atoms with Gasteiger partial charge in [-0.15, -0.1) is 0 Å². The van der Waals surface area contributed by atoms with E-state index in [4.69, 9.17) is 4.42 Å². The summed E-state index contributed by atoms with van der Waals surface area (Å²) in [5, 5.41) is 4.40. The van der Waals surface area contributed by atoms with Crippen LogP contribution < -0.4 is 5.32 Å². The first-order chi connectivity index (χ1) is 9.90. The van der Waals surface area contributed by atoms with Crippen molar-refractivity contribution in [2.75, 3.05) is 11.9 Å². The largest absolute Gasteiger partial charge is 0.450 e. The molecule has 0 aliphatic rings. The molecule has 2 heterocycles. The van der Waals surface area contributed by atoms with Crippen LogP contribution in [0.4, 0.5) is 5.82 Å². The van der Waals surface area contributed by atoms with Crippen LogP contribution in [-0.2, 0) is 0 Å². The van der Waals surface area contributed by atoms with Gasteiger partial charge in [-0.1, -0.05) is 38.3 Å². The van der Waals surface area contributed by atoms with Gasteiger partial charge in [0.15, 0.2) is 11.4 Å². The third-order valence-corrected chi connectivity index (χ3v) is 3.48. The number of unbranched alkanes of at least 4 members (excludes halogenated alkanes) is 3. The van der Waals surface area contributed by atoms with Crippen LogP contribution in [0.15, 0.2) is 35.0 Å². The lowest BCUT2D eigenvalue weighted by Crippen LogP contribution is -2.03. The van der Waals surface area contributed by atoms with Crippen LogP contribution in [0.1, 0.15) is 32.6 Å². The predicted octanol–water partition coefficient (Wildman–Crippen LogP) is 4.37. The molecule has 0 amide bonds. The number of rotatable bonds is 6. The maximum Gasteiger partial charge on any atom is 0.196 e. The summed E-state index contributed by atoms with van der Waals surface area (Å²) in [7, 11) is 0. The Morgan fingerprint density at radius 1 is 1.10 bits per heavy atom. The molecule has 0 atom stereocenters. The number of benzene rings is 1. The molecule has 0 radical (unpaired) electrons. The van der Waals surface area contributed by atoms with Crippen LogP contribution in [0.25, 0.3) is 22.1 Å². The number of fused-ring (bicyclic) bond motifs is 3. The summed E-state index contributed by atoms with van der Waals surface area (Å²) in [6, 6.07) is 7.95. The Bertz CT molecular complexity index is 705. The third-order valence-electron chi connectivity index (χ3n) is 3.48. The van der Waals surface area contributed by atoms with E-state index >= 15 is 0 Å². The zero-order valence-corrected chi connectivity index (χ0v) is 11.7. The van der Waals surface area contributed by atoms with Crippen molar-refractivity contribution in [3.63, 3.8) is 0 Å². The number of para-hydroxylation sites is 1. The number of aromatic nitrogens is 2. The summed E-state index contributed by atoms with van der Waals surface area (Å²) >= 11 is 0. The first-order valence-corrected chi connectivity index (χ1v) is 7.26. The molecule has 104 valence electrons. The van der Waals surface area contributed by atoms with E-state index in [2.05, 4.69) is 22.2 Å². The second kappa shape index (κ2) is 5.90. The highest BCUT2D eigenvalue weighted by atomic mass is 16.3. The molecule has 0 unspecified atom stereocenters. The summed E-state index contributed by atoms with van der Waals surface area (Å²) in [5.74, 6) is 0.794. The topological polar surface area (TPSA) is 51.0 Å². The smallest absolute Gasteiger partial charge is 0.196 e. The number of nitrogens with zero attached hydrogens (tertiary/aromatic N) is 2. The number of furan rings is 1. The monoisotopic (exact) mass is 269 g/mol. The second-order valence-electron chi connectivity index (χ2n) is 4.99. The highest BCUT2D eigenvalue weighted by molar-refractivity contribution is 6.05. The Kier molecular flexibility index (Phi) is 3.81. The summed E-state index contributed by atoms with van der Waals surface area (Å²) in [5.41, 5.74) is 2.49. The first-order valence-electron chi connectivity index (χ1n) is 7.26. The highest BCUT2D eigenvalue weighted by Gasteiger charge is 2.11. The molecule has 0 aliphatic carbocycles. The lowest BCUT2D eigenvalue weighted by molar-refractivity contribution is 0.662. The molecule has 0 aliphatic heterocycles. The lowest BCUT2D eigenvalue weighted by atomic mass is 10.2. The molecule has 3 rings (SSSR count). The Labute approximate surface area is 118 Å². The van der Waals surface area contributed by atoms with Crippen molar-refractivity contribution in [2.24, 2.45) is 0 Å². The third kappa shape index (κ3) is 2.46. The fourth-order valence-electron chi connectivity index (χ4n) is 2.41. The Morgan fingerprint density at radius 2 is 2.00 bits per heavy atom. The van der Waals surface area contributed by atoms with Gasteiger partial charge in [0, 0.05) is 11.9 Å². The molecular weight excluding hydrogens is 250 g/mol. The minimum Gasteiger partial charge on any atom is -0.450 e. The van der Waals surface area contributed by atoms with Gasteiger partial charge >= 0.3 is 0 Å². The van der Waals surface area contributed by atoms with Gasteiger partial charge in [0.05, 0.1) is 0 Å². The van der Waals surface area contributed by atoms with Crippen LogP contribution in [-0.4, -0.2) is 16.5 Å². The van der Waals surface area contributed by atoms with Crippen molar-refractivity contribution in [1.82, 2.24) is 9.97 Å². The minimum absolute atomic E-state index is 0.754. The minimum atomic E-state index is 0.754. The number of hydrogen-bond donors (Lipinski definition) is 1. The average molecular weight is 269 g/mol. The Morgan fingerprint density at radius 3 is 2.90 bits per heavy atom. The summed E-state index contributed by atoms with van der Waals surface area (Å²) in [6.07, 6.45) is 6.53. The number of nitrogens with one attached hydrogen (secondary N) is 1. The van der Waals surface area contributed by atoms with E-state index in [0.717, 1.165) is 40.9 Å². The molecule has 1 aromatic carbocycles. The van der Waals surface area contributed by atoms with Gasteiger partial charge in [-0.3, -0.25) is 0 Å². The van der Waals surface area contributed by atoms with Gasteiger partial charge in [-0.05, 0) is 18.6 Å². The van der Waals surface area contributed by atoms with E-state index in [1.807, 2.05) is 24.3 Å². The second-order valence-corrected chi connectivity index (χ2v) is 4.99. The quantitative estimate of drug-likeness (QED) is 0.675. The summed E-state index contributed by atoms with van der Waals surface area (Å²) < 4.78 is 5.87. The highest BCUT2D eigenvalue weighted by Crippen LogP contribution is 2.30. The maximum atomic E-state index is 5.87. The van der Waals surface area contributed by atoms with Gasteiger partial charge in [0.1, 0.15) is 17.4 Å². The van der Waals surface area contributed by atoms with Gasteiger partial charge < -0.3 is 9.73 Å². The summed E-state index contributed by atoms with van der Waals surface area (Å²) in [4.78, 5) is 8.65. The van der Waals surface area contributed by atoms with Crippen LogP contribution in [0.3, 0.4) is 0 Å². The van der Waals surface area contributed by atoms with E-state index in [0.29, 0.717) is 0 Å².